The molecule has 2 N–H and O–H groups in total. The molecule has 0 aliphatic heterocycles. The second-order valence-electron chi connectivity index (χ2n) is 15.2. The second-order valence-corrected chi connectivity index (χ2v) is 15.2. The zero-order valence-corrected chi connectivity index (χ0v) is 22.5. The molecule has 0 spiro atoms. The number of fused-ring (bicyclic) bond motifs is 7. The molecule has 3 heteroatoms. The molecule has 0 bridgehead atoms. The predicted octanol–water partition coefficient (Wildman–Crippen LogP) is 6.40. The molecule has 5 fully saturated rings. The van der Waals surface area contributed by atoms with E-state index in [4.69, 9.17) is 0 Å². The molecule has 0 aromatic heterocycles. The quantitative estimate of drug-likeness (QED) is 0.478. The highest BCUT2D eigenvalue weighted by molar-refractivity contribution is 5.82. The number of aliphatic hydroxyl groups excluding tert-OH is 2. The predicted molar refractivity (Wildman–Crippen MR) is 133 cm³/mol. The SMILES string of the molecule is C[C@H]1C(=O)CC[C@H]2[C@]3(C)CC[C@@]4(C)[C@@H]5CC(C)(C)CC[C@]5(CO)[C@H](O)C[C@]4(C)[C@@H]3CC[C@@]21C. The fourth-order valence-corrected chi connectivity index (χ4v) is 11.3. The maximum Gasteiger partial charge on any atom is 0.136 e. The van der Waals surface area contributed by atoms with Gasteiger partial charge < -0.3 is 10.2 Å². The summed E-state index contributed by atoms with van der Waals surface area (Å²) in [5, 5.41) is 22.5. The van der Waals surface area contributed by atoms with E-state index in [1.165, 1.54) is 19.3 Å². The van der Waals surface area contributed by atoms with Crippen molar-refractivity contribution < 1.29 is 15.0 Å². The van der Waals surface area contributed by atoms with Crippen LogP contribution >= 0.6 is 0 Å². The molecule has 10 atom stereocenters. The van der Waals surface area contributed by atoms with E-state index in [1.54, 1.807) is 0 Å². The van der Waals surface area contributed by atoms with Gasteiger partial charge in [-0.1, -0.05) is 48.5 Å². The second kappa shape index (κ2) is 7.09. The van der Waals surface area contributed by atoms with Gasteiger partial charge in [-0.3, -0.25) is 4.79 Å². The number of ketones is 1. The molecule has 3 nitrogen and oxygen atoms in total. The monoisotopic (exact) mass is 458 g/mol. The molecule has 5 aliphatic rings. The average Bonchev–Trinajstić information content (AvgIpc) is 2.73. The van der Waals surface area contributed by atoms with Crippen LogP contribution in [0.15, 0.2) is 0 Å². The molecule has 0 radical (unpaired) electrons. The van der Waals surface area contributed by atoms with Crippen molar-refractivity contribution in [2.75, 3.05) is 6.61 Å². The summed E-state index contributed by atoms with van der Waals surface area (Å²) in [4.78, 5) is 12.7. The first-order chi connectivity index (χ1) is 15.2. The van der Waals surface area contributed by atoms with Gasteiger partial charge in [0.2, 0.25) is 0 Å². The number of Topliss-reactive ketones (excluding diaryl/α,β-unsaturated/α-hetero) is 1. The number of rotatable bonds is 1. The van der Waals surface area contributed by atoms with E-state index in [0.29, 0.717) is 23.5 Å². The van der Waals surface area contributed by atoms with Crippen LogP contribution < -0.4 is 0 Å². The van der Waals surface area contributed by atoms with Gasteiger partial charge in [-0.25, -0.2) is 0 Å². The van der Waals surface area contributed by atoms with Crippen molar-refractivity contribution in [3.8, 4) is 0 Å². The number of hydrogen-bond donors (Lipinski definition) is 2. The smallest absolute Gasteiger partial charge is 0.136 e. The lowest BCUT2D eigenvalue weighted by atomic mass is 9.29. The molecule has 33 heavy (non-hydrogen) atoms. The Labute approximate surface area is 202 Å². The molecular formula is C30H50O3. The molecule has 0 heterocycles. The van der Waals surface area contributed by atoms with Crippen LogP contribution in [-0.2, 0) is 4.79 Å². The molecule has 188 valence electrons. The van der Waals surface area contributed by atoms with Crippen LogP contribution in [0.1, 0.15) is 113 Å². The number of aliphatic hydroxyl groups is 2. The van der Waals surface area contributed by atoms with E-state index in [-0.39, 0.29) is 45.0 Å². The zero-order chi connectivity index (χ0) is 24.2. The van der Waals surface area contributed by atoms with Crippen LogP contribution in [0.4, 0.5) is 0 Å². The molecule has 5 saturated carbocycles. The molecule has 0 saturated heterocycles. The van der Waals surface area contributed by atoms with E-state index in [1.807, 2.05) is 0 Å². The van der Waals surface area contributed by atoms with Gasteiger partial charge in [0.05, 0.1) is 12.7 Å². The van der Waals surface area contributed by atoms with Gasteiger partial charge >= 0.3 is 0 Å². The summed E-state index contributed by atoms with van der Waals surface area (Å²) >= 11 is 0. The Kier molecular flexibility index (Phi) is 5.22. The Balaban J connectivity index is 1.58. The Morgan fingerprint density at radius 3 is 2.15 bits per heavy atom. The Morgan fingerprint density at radius 2 is 1.48 bits per heavy atom. The van der Waals surface area contributed by atoms with Crippen LogP contribution in [-0.4, -0.2) is 28.7 Å². The highest BCUT2D eigenvalue weighted by atomic mass is 16.3. The van der Waals surface area contributed by atoms with Gasteiger partial charge in [-0.05, 0) is 103 Å². The average molecular weight is 459 g/mol. The third-order valence-electron chi connectivity index (χ3n) is 13.8. The summed E-state index contributed by atoms with van der Waals surface area (Å²) in [6, 6.07) is 0. The van der Waals surface area contributed by atoms with Gasteiger partial charge in [0.25, 0.3) is 0 Å². The fourth-order valence-electron chi connectivity index (χ4n) is 11.3. The first kappa shape index (κ1) is 24.3. The van der Waals surface area contributed by atoms with E-state index in [2.05, 4.69) is 48.5 Å². The lowest BCUT2D eigenvalue weighted by Crippen LogP contribution is -2.71. The first-order valence-corrected chi connectivity index (χ1v) is 14.0. The van der Waals surface area contributed by atoms with Gasteiger partial charge in [0.15, 0.2) is 0 Å². The third-order valence-corrected chi connectivity index (χ3v) is 13.8. The zero-order valence-electron chi connectivity index (χ0n) is 22.5. The van der Waals surface area contributed by atoms with E-state index >= 15 is 0 Å². The van der Waals surface area contributed by atoms with Crippen molar-refractivity contribution in [3.05, 3.63) is 0 Å². The lowest BCUT2D eigenvalue weighted by Gasteiger charge is -2.75. The van der Waals surface area contributed by atoms with Crippen LogP contribution in [0.2, 0.25) is 0 Å². The number of hydrogen-bond acceptors (Lipinski definition) is 3. The van der Waals surface area contributed by atoms with E-state index in [9.17, 15) is 15.0 Å². The van der Waals surface area contributed by atoms with Crippen LogP contribution in [0, 0.1) is 56.2 Å². The van der Waals surface area contributed by atoms with Crippen LogP contribution in [0.25, 0.3) is 0 Å². The van der Waals surface area contributed by atoms with Crippen molar-refractivity contribution in [1.82, 2.24) is 0 Å². The van der Waals surface area contributed by atoms with Crippen molar-refractivity contribution >= 4 is 5.78 Å². The topological polar surface area (TPSA) is 57.5 Å². The molecule has 0 aromatic rings. The Morgan fingerprint density at radius 1 is 0.788 bits per heavy atom. The summed E-state index contributed by atoms with van der Waals surface area (Å²) in [6.07, 6.45) is 10.2. The van der Waals surface area contributed by atoms with Crippen molar-refractivity contribution in [3.63, 3.8) is 0 Å². The maximum absolute atomic E-state index is 12.7. The Hall–Kier alpha value is -0.410. The highest BCUT2D eigenvalue weighted by Gasteiger charge is 2.73. The van der Waals surface area contributed by atoms with Gasteiger partial charge in [-0.15, -0.1) is 0 Å². The molecular weight excluding hydrogens is 408 g/mol. The maximum atomic E-state index is 12.7. The van der Waals surface area contributed by atoms with E-state index in [0.717, 1.165) is 44.9 Å². The molecule has 0 unspecified atom stereocenters. The van der Waals surface area contributed by atoms with Gasteiger partial charge in [0, 0.05) is 17.8 Å². The van der Waals surface area contributed by atoms with Crippen molar-refractivity contribution in [1.29, 1.82) is 0 Å². The summed E-state index contributed by atoms with van der Waals surface area (Å²) in [5.74, 6) is 2.21. The first-order valence-electron chi connectivity index (χ1n) is 14.0. The van der Waals surface area contributed by atoms with Crippen LogP contribution in [0.3, 0.4) is 0 Å². The normalized spacial score (nSPS) is 58.0. The van der Waals surface area contributed by atoms with Crippen molar-refractivity contribution in [2.24, 2.45) is 56.2 Å². The highest BCUT2D eigenvalue weighted by Crippen LogP contribution is 2.78. The minimum Gasteiger partial charge on any atom is -0.396 e. The van der Waals surface area contributed by atoms with Gasteiger partial charge in [-0.2, -0.15) is 0 Å². The summed E-state index contributed by atoms with van der Waals surface area (Å²) < 4.78 is 0. The summed E-state index contributed by atoms with van der Waals surface area (Å²) in [5.41, 5.74) is 0.518. The minimum absolute atomic E-state index is 0.0716. The van der Waals surface area contributed by atoms with E-state index < -0.39 is 6.10 Å². The molecule has 0 aromatic carbocycles. The largest absolute Gasteiger partial charge is 0.396 e. The summed E-state index contributed by atoms with van der Waals surface area (Å²) in [6.45, 7) is 17.2. The Bertz CT molecular complexity index is 834. The number of carbonyl (C=O) groups is 1. The van der Waals surface area contributed by atoms with Crippen molar-refractivity contribution in [2.45, 2.75) is 119 Å². The molecule has 0 amide bonds. The standard InChI is InChI=1S/C30H50O3/c1-19-20(32)8-9-21-26(19,4)11-10-22-27(21,5)13-14-28(6)23-16-25(2,3)12-15-30(23,18-31)24(33)17-29(22,28)7/h19,21-24,31,33H,8-18H2,1-7H3/t19-,21+,22+,23-,24+,26+,27-,28-,29+,30+/m0/s1. The number of carbonyl (C=O) groups excluding carboxylic acids is 1. The van der Waals surface area contributed by atoms with Crippen LogP contribution in [0.5, 0.6) is 0 Å². The minimum atomic E-state index is -0.413. The summed E-state index contributed by atoms with van der Waals surface area (Å²) in [7, 11) is 0. The fraction of sp³-hybridized carbons (Fsp3) is 0.967. The molecule has 5 aliphatic carbocycles. The molecule has 5 rings (SSSR count). The third kappa shape index (κ3) is 2.85. The van der Waals surface area contributed by atoms with Gasteiger partial charge in [0.1, 0.15) is 5.78 Å². The lowest BCUT2D eigenvalue weighted by molar-refractivity contribution is -0.289.